The monoisotopic (exact) mass is 304 g/mol. The topological polar surface area (TPSA) is 80.8 Å². The standard InChI is InChI=1S/C17H12N4O2/c22-16-11-5-1-4-8-14(11)20-15(21-16)9-23-17-12-6-2-3-7-13(12)18-10-19-17/h1-8,10H,9H2,(H,20,21,22). The molecule has 0 amide bonds. The summed E-state index contributed by atoms with van der Waals surface area (Å²) in [7, 11) is 0. The molecule has 0 bridgehead atoms. The van der Waals surface area contributed by atoms with Crippen molar-refractivity contribution < 1.29 is 4.74 Å². The zero-order chi connectivity index (χ0) is 15.6. The molecule has 1 N–H and O–H groups in total. The quantitative estimate of drug-likeness (QED) is 0.629. The van der Waals surface area contributed by atoms with Crippen molar-refractivity contribution >= 4 is 21.8 Å². The first-order valence-corrected chi connectivity index (χ1v) is 7.12. The van der Waals surface area contributed by atoms with Crippen LogP contribution < -0.4 is 10.3 Å². The summed E-state index contributed by atoms with van der Waals surface area (Å²) in [5.41, 5.74) is 1.27. The van der Waals surface area contributed by atoms with Crippen LogP contribution in [0.1, 0.15) is 5.82 Å². The van der Waals surface area contributed by atoms with Gasteiger partial charge in [-0.1, -0.05) is 24.3 Å². The molecule has 0 aliphatic carbocycles. The highest BCUT2D eigenvalue weighted by molar-refractivity contribution is 5.83. The van der Waals surface area contributed by atoms with Gasteiger partial charge in [0.25, 0.3) is 5.56 Å². The van der Waals surface area contributed by atoms with Crippen LogP contribution in [0.25, 0.3) is 21.8 Å². The number of benzene rings is 2. The van der Waals surface area contributed by atoms with Gasteiger partial charge in [0.15, 0.2) is 0 Å². The Bertz CT molecular complexity index is 1050. The molecular weight excluding hydrogens is 292 g/mol. The third-order valence-corrected chi connectivity index (χ3v) is 3.51. The van der Waals surface area contributed by atoms with Crippen LogP contribution in [0.4, 0.5) is 0 Å². The van der Waals surface area contributed by atoms with Gasteiger partial charge >= 0.3 is 0 Å². The fourth-order valence-electron chi connectivity index (χ4n) is 2.44. The van der Waals surface area contributed by atoms with Crippen molar-refractivity contribution in [1.29, 1.82) is 0 Å². The number of para-hydroxylation sites is 2. The van der Waals surface area contributed by atoms with Crippen LogP contribution in [0.3, 0.4) is 0 Å². The molecule has 23 heavy (non-hydrogen) atoms. The number of nitrogens with one attached hydrogen (secondary N) is 1. The Morgan fingerprint density at radius 1 is 0.913 bits per heavy atom. The Labute approximate surface area is 130 Å². The molecule has 4 rings (SSSR count). The maximum atomic E-state index is 12.0. The summed E-state index contributed by atoms with van der Waals surface area (Å²) in [5, 5.41) is 1.38. The minimum atomic E-state index is -0.179. The van der Waals surface area contributed by atoms with Gasteiger partial charge in [0.05, 0.1) is 21.8 Å². The molecular formula is C17H12N4O2. The SMILES string of the molecule is O=c1[nH]c(COc2ncnc3ccccc23)nc2ccccc12. The minimum Gasteiger partial charge on any atom is -0.469 e. The number of ether oxygens (including phenoxy) is 1. The first-order chi connectivity index (χ1) is 11.3. The van der Waals surface area contributed by atoms with E-state index in [0.717, 1.165) is 10.9 Å². The van der Waals surface area contributed by atoms with E-state index in [1.807, 2.05) is 36.4 Å². The Morgan fingerprint density at radius 3 is 2.52 bits per heavy atom. The van der Waals surface area contributed by atoms with Gasteiger partial charge in [-0.3, -0.25) is 4.79 Å². The van der Waals surface area contributed by atoms with Crippen molar-refractivity contribution in [3.8, 4) is 5.88 Å². The number of hydrogen-bond donors (Lipinski definition) is 1. The van der Waals surface area contributed by atoms with Gasteiger partial charge in [-0.2, -0.15) is 0 Å². The predicted molar refractivity (Wildman–Crippen MR) is 86.2 cm³/mol. The summed E-state index contributed by atoms with van der Waals surface area (Å²) >= 11 is 0. The first-order valence-electron chi connectivity index (χ1n) is 7.12. The molecule has 0 saturated carbocycles. The van der Waals surface area contributed by atoms with Crippen LogP contribution in [0.5, 0.6) is 5.88 Å². The summed E-state index contributed by atoms with van der Waals surface area (Å²) in [4.78, 5) is 27.5. The summed E-state index contributed by atoms with van der Waals surface area (Å²) in [6.45, 7) is 0.126. The average molecular weight is 304 g/mol. The van der Waals surface area contributed by atoms with E-state index in [2.05, 4.69) is 19.9 Å². The number of rotatable bonds is 3. The van der Waals surface area contributed by atoms with Gasteiger partial charge in [0, 0.05) is 0 Å². The van der Waals surface area contributed by atoms with Crippen molar-refractivity contribution in [3.05, 3.63) is 71.0 Å². The molecule has 0 saturated heterocycles. The normalized spacial score (nSPS) is 11.0. The third-order valence-electron chi connectivity index (χ3n) is 3.51. The van der Waals surface area contributed by atoms with E-state index in [-0.39, 0.29) is 12.2 Å². The highest BCUT2D eigenvalue weighted by Gasteiger charge is 2.07. The largest absolute Gasteiger partial charge is 0.469 e. The maximum Gasteiger partial charge on any atom is 0.258 e. The number of H-pyrrole nitrogens is 1. The lowest BCUT2D eigenvalue weighted by atomic mass is 10.2. The van der Waals surface area contributed by atoms with Crippen molar-refractivity contribution in [3.63, 3.8) is 0 Å². The second-order valence-electron chi connectivity index (χ2n) is 5.01. The van der Waals surface area contributed by atoms with E-state index < -0.39 is 0 Å². The molecule has 0 radical (unpaired) electrons. The van der Waals surface area contributed by atoms with E-state index in [1.165, 1.54) is 6.33 Å². The van der Waals surface area contributed by atoms with E-state index in [0.29, 0.717) is 22.6 Å². The van der Waals surface area contributed by atoms with Crippen LogP contribution in [0.15, 0.2) is 59.7 Å². The second-order valence-corrected chi connectivity index (χ2v) is 5.01. The smallest absolute Gasteiger partial charge is 0.258 e. The van der Waals surface area contributed by atoms with E-state index in [9.17, 15) is 4.79 Å². The third kappa shape index (κ3) is 2.50. The van der Waals surface area contributed by atoms with Gasteiger partial charge in [0.2, 0.25) is 5.88 Å². The zero-order valence-electron chi connectivity index (χ0n) is 12.1. The molecule has 2 aromatic carbocycles. The van der Waals surface area contributed by atoms with Gasteiger partial charge in [-0.05, 0) is 24.3 Å². The van der Waals surface area contributed by atoms with E-state index >= 15 is 0 Å². The number of nitrogens with zero attached hydrogens (tertiary/aromatic N) is 3. The molecule has 6 nitrogen and oxygen atoms in total. The van der Waals surface area contributed by atoms with Gasteiger partial charge in [-0.15, -0.1) is 0 Å². The molecule has 112 valence electrons. The van der Waals surface area contributed by atoms with Crippen LogP contribution in [-0.4, -0.2) is 19.9 Å². The minimum absolute atomic E-state index is 0.126. The van der Waals surface area contributed by atoms with Crippen molar-refractivity contribution in [2.75, 3.05) is 0 Å². The van der Waals surface area contributed by atoms with Crippen molar-refractivity contribution in [1.82, 2.24) is 19.9 Å². The Kier molecular flexibility index (Phi) is 3.20. The Balaban J connectivity index is 1.67. The number of fused-ring (bicyclic) bond motifs is 2. The number of aromatic amines is 1. The number of aromatic nitrogens is 4. The van der Waals surface area contributed by atoms with Gasteiger partial charge in [0.1, 0.15) is 18.8 Å². The summed E-state index contributed by atoms with van der Waals surface area (Å²) in [6, 6.07) is 14.8. The molecule has 0 fully saturated rings. The van der Waals surface area contributed by atoms with Gasteiger partial charge in [-0.25, -0.2) is 15.0 Å². The lowest BCUT2D eigenvalue weighted by Gasteiger charge is -2.07. The van der Waals surface area contributed by atoms with Crippen molar-refractivity contribution in [2.24, 2.45) is 0 Å². The first kappa shape index (κ1) is 13.4. The average Bonchev–Trinajstić information content (AvgIpc) is 2.60. The summed E-state index contributed by atoms with van der Waals surface area (Å²) in [5.74, 6) is 0.919. The molecule has 6 heteroatoms. The predicted octanol–water partition coefficient (Wildman–Crippen LogP) is 2.45. The summed E-state index contributed by atoms with van der Waals surface area (Å²) < 4.78 is 5.73. The fourth-order valence-corrected chi connectivity index (χ4v) is 2.44. The molecule has 4 aromatic rings. The lowest BCUT2D eigenvalue weighted by molar-refractivity contribution is 0.288. The number of hydrogen-bond acceptors (Lipinski definition) is 5. The Morgan fingerprint density at radius 2 is 1.65 bits per heavy atom. The van der Waals surface area contributed by atoms with E-state index in [1.54, 1.807) is 12.1 Å². The van der Waals surface area contributed by atoms with Crippen LogP contribution in [-0.2, 0) is 6.61 Å². The molecule has 2 heterocycles. The van der Waals surface area contributed by atoms with Crippen LogP contribution in [0.2, 0.25) is 0 Å². The fraction of sp³-hybridized carbons (Fsp3) is 0.0588. The van der Waals surface area contributed by atoms with Crippen LogP contribution >= 0.6 is 0 Å². The molecule has 0 spiro atoms. The van der Waals surface area contributed by atoms with Crippen LogP contribution in [0, 0.1) is 0 Å². The molecule has 0 aliphatic rings. The maximum absolute atomic E-state index is 12.0. The molecule has 2 aromatic heterocycles. The summed E-state index contributed by atoms with van der Waals surface area (Å²) in [6.07, 6.45) is 1.45. The van der Waals surface area contributed by atoms with Gasteiger partial charge < -0.3 is 9.72 Å². The second kappa shape index (κ2) is 5.49. The molecule has 0 unspecified atom stereocenters. The van der Waals surface area contributed by atoms with Crippen molar-refractivity contribution in [2.45, 2.75) is 6.61 Å². The zero-order valence-corrected chi connectivity index (χ0v) is 12.1. The lowest BCUT2D eigenvalue weighted by Crippen LogP contribution is -2.13. The highest BCUT2D eigenvalue weighted by atomic mass is 16.5. The Hall–Kier alpha value is -3.28. The van der Waals surface area contributed by atoms with E-state index in [4.69, 9.17) is 4.74 Å². The highest BCUT2D eigenvalue weighted by Crippen LogP contribution is 2.21. The molecule has 0 atom stereocenters. The molecule has 0 aliphatic heterocycles.